The average Bonchev–Trinajstić information content (AvgIpc) is 2.55. The van der Waals surface area contributed by atoms with Crippen molar-refractivity contribution in [3.8, 4) is 6.07 Å². The molecular weight excluding hydrogens is 312 g/mol. The summed E-state index contributed by atoms with van der Waals surface area (Å²) < 4.78 is 0. The van der Waals surface area contributed by atoms with Gasteiger partial charge in [-0.05, 0) is 24.9 Å². The van der Waals surface area contributed by atoms with E-state index in [-0.39, 0.29) is 0 Å². The van der Waals surface area contributed by atoms with Gasteiger partial charge in [-0.3, -0.25) is 4.98 Å². The topological polar surface area (TPSA) is 127 Å². The maximum atomic E-state index is 9.55. The highest BCUT2D eigenvalue weighted by Gasteiger charge is 2.40. The molecule has 2 saturated heterocycles. The molecule has 0 aliphatic carbocycles. The molecule has 24 heavy (non-hydrogen) atoms. The summed E-state index contributed by atoms with van der Waals surface area (Å²) in [5.74, 6) is -1.69. The summed E-state index contributed by atoms with van der Waals surface area (Å²) in [5, 5.41) is 27.9. The van der Waals surface area contributed by atoms with E-state index in [0.717, 1.165) is 31.2 Å². The molecule has 1 aromatic rings. The fraction of sp³-hybridized carbons (Fsp3) is 0.375. The summed E-state index contributed by atoms with van der Waals surface area (Å²) in [6, 6.07) is 4.67. The highest BCUT2D eigenvalue weighted by atomic mass is 16.4. The first-order valence-electron chi connectivity index (χ1n) is 7.47. The van der Waals surface area contributed by atoms with Crippen molar-refractivity contribution in [2.75, 3.05) is 24.5 Å². The molecule has 0 spiro atoms. The molecule has 1 aromatic heterocycles. The van der Waals surface area contributed by atoms with Crippen molar-refractivity contribution < 1.29 is 19.8 Å². The van der Waals surface area contributed by atoms with Crippen molar-refractivity contribution in [3.05, 3.63) is 36.2 Å². The predicted molar refractivity (Wildman–Crippen MR) is 85.5 cm³/mol. The van der Waals surface area contributed by atoms with Crippen molar-refractivity contribution >= 4 is 17.6 Å². The van der Waals surface area contributed by atoms with Gasteiger partial charge in [0.15, 0.2) is 0 Å². The van der Waals surface area contributed by atoms with E-state index in [0.29, 0.717) is 23.8 Å². The third-order valence-electron chi connectivity index (χ3n) is 3.97. The smallest absolute Gasteiger partial charge is 0.328 e. The number of piperidine rings is 1. The number of rotatable bonds is 3. The number of carboxylic acids is 2. The molecular formula is C16H18N4O4. The molecule has 0 bridgehead atoms. The number of anilines is 1. The van der Waals surface area contributed by atoms with Crippen molar-refractivity contribution in [2.24, 2.45) is 5.92 Å². The molecule has 0 radical (unpaired) electrons. The Morgan fingerprint density at radius 2 is 2.04 bits per heavy atom. The van der Waals surface area contributed by atoms with Gasteiger partial charge in [0.2, 0.25) is 0 Å². The van der Waals surface area contributed by atoms with Gasteiger partial charge in [-0.15, -0.1) is 0 Å². The number of hydrogen-bond donors (Lipinski definition) is 3. The van der Waals surface area contributed by atoms with Crippen LogP contribution in [0.2, 0.25) is 0 Å². The van der Waals surface area contributed by atoms with Gasteiger partial charge in [0.25, 0.3) is 0 Å². The third-order valence-corrected chi connectivity index (χ3v) is 3.97. The van der Waals surface area contributed by atoms with E-state index in [1.165, 1.54) is 6.42 Å². The fourth-order valence-corrected chi connectivity index (χ4v) is 2.81. The van der Waals surface area contributed by atoms with Crippen LogP contribution in [-0.2, 0) is 9.59 Å². The minimum absolute atomic E-state index is 0.558. The Kier molecular flexibility index (Phi) is 5.87. The van der Waals surface area contributed by atoms with Crippen LogP contribution in [0.15, 0.2) is 30.6 Å². The molecule has 0 saturated carbocycles. The highest BCUT2D eigenvalue weighted by Crippen LogP contribution is 2.34. The number of carbonyl (C=O) groups is 2. The lowest BCUT2D eigenvalue weighted by molar-refractivity contribution is -0.134. The Balaban J connectivity index is 0.000000224. The van der Waals surface area contributed by atoms with Crippen molar-refractivity contribution in [2.45, 2.75) is 12.5 Å². The number of nitrogens with one attached hydrogen (secondary N) is 1. The largest absolute Gasteiger partial charge is 0.478 e. The zero-order valence-corrected chi connectivity index (χ0v) is 12.9. The first-order chi connectivity index (χ1) is 11.5. The second-order valence-electron chi connectivity index (χ2n) is 5.53. The predicted octanol–water partition coefficient (Wildman–Crippen LogP) is 0.463. The second kappa shape index (κ2) is 8.08. The molecule has 0 aromatic carbocycles. The normalized spacial score (nSPS) is 21.7. The van der Waals surface area contributed by atoms with Crippen LogP contribution in [0.5, 0.6) is 0 Å². The van der Waals surface area contributed by atoms with Gasteiger partial charge in [0.1, 0.15) is 6.07 Å². The zero-order valence-electron chi connectivity index (χ0n) is 12.9. The number of aliphatic carboxylic acids is 2. The summed E-state index contributed by atoms with van der Waals surface area (Å²) in [6.45, 7) is 3.32. The van der Waals surface area contributed by atoms with E-state index in [1.54, 1.807) is 6.20 Å². The lowest BCUT2D eigenvalue weighted by Crippen LogP contribution is -2.63. The van der Waals surface area contributed by atoms with Gasteiger partial charge in [-0.1, -0.05) is 0 Å². The monoisotopic (exact) mass is 330 g/mol. The van der Waals surface area contributed by atoms with Gasteiger partial charge < -0.3 is 20.4 Å². The van der Waals surface area contributed by atoms with Gasteiger partial charge in [0, 0.05) is 37.5 Å². The molecule has 2 aliphatic heterocycles. The summed E-state index contributed by atoms with van der Waals surface area (Å²) in [7, 11) is 0. The number of aromatic nitrogens is 1. The quantitative estimate of drug-likeness (QED) is 0.682. The summed E-state index contributed by atoms with van der Waals surface area (Å²) in [4.78, 5) is 25.6. The molecule has 0 unspecified atom stereocenters. The molecule has 2 aliphatic rings. The lowest BCUT2D eigenvalue weighted by atomic mass is 9.83. The summed E-state index contributed by atoms with van der Waals surface area (Å²) in [6.07, 6.45) is 5.85. The standard InChI is InChI=1S/C12H14N4.C4H4O4/c13-4-9-3-11(6-15-5-9)16-8-10-1-2-14-7-12(10)16;5-3(6)1-2-4(7)8/h3,5-6,10,12,14H,1-2,7-8H2;1-2H,(H,5,6)(H,7,8)/b;2-1+/t10-,12-;/m0./s1. The Bertz CT molecular complexity index is 667. The summed E-state index contributed by atoms with van der Waals surface area (Å²) >= 11 is 0. The van der Waals surface area contributed by atoms with E-state index in [4.69, 9.17) is 15.5 Å². The van der Waals surface area contributed by atoms with Crippen LogP contribution in [-0.4, -0.2) is 52.8 Å². The molecule has 8 nitrogen and oxygen atoms in total. The SMILES string of the molecule is N#Cc1cncc(N2C[C@@H]3CCNC[C@@H]32)c1.O=C(O)/C=C/C(=O)O. The minimum Gasteiger partial charge on any atom is -0.478 e. The Hall–Kier alpha value is -2.92. The van der Waals surface area contributed by atoms with Crippen LogP contribution in [0, 0.1) is 17.2 Å². The van der Waals surface area contributed by atoms with Crippen molar-refractivity contribution in [3.63, 3.8) is 0 Å². The first kappa shape index (κ1) is 17.4. The van der Waals surface area contributed by atoms with Gasteiger partial charge in [0.05, 0.1) is 17.4 Å². The van der Waals surface area contributed by atoms with E-state index < -0.39 is 11.9 Å². The van der Waals surface area contributed by atoms with Crippen LogP contribution in [0.4, 0.5) is 5.69 Å². The van der Waals surface area contributed by atoms with Gasteiger partial charge >= 0.3 is 11.9 Å². The van der Waals surface area contributed by atoms with E-state index in [2.05, 4.69) is 21.3 Å². The number of fused-ring (bicyclic) bond motifs is 1. The molecule has 8 heteroatoms. The fourth-order valence-electron chi connectivity index (χ4n) is 2.81. The molecule has 2 atom stereocenters. The van der Waals surface area contributed by atoms with E-state index in [9.17, 15) is 9.59 Å². The minimum atomic E-state index is -1.26. The molecule has 3 rings (SSSR count). The highest BCUT2D eigenvalue weighted by molar-refractivity contribution is 5.89. The van der Waals surface area contributed by atoms with E-state index >= 15 is 0 Å². The zero-order chi connectivity index (χ0) is 17.5. The average molecular weight is 330 g/mol. The van der Waals surface area contributed by atoms with Crippen LogP contribution in [0.25, 0.3) is 0 Å². The molecule has 126 valence electrons. The molecule has 2 fully saturated rings. The van der Waals surface area contributed by atoms with E-state index in [1.807, 2.05) is 12.3 Å². The lowest BCUT2D eigenvalue weighted by Gasteiger charge is -2.52. The van der Waals surface area contributed by atoms with Gasteiger partial charge in [-0.2, -0.15) is 5.26 Å². The number of hydrogen-bond acceptors (Lipinski definition) is 6. The number of carboxylic acid groups (broad SMARTS) is 2. The van der Waals surface area contributed by atoms with Gasteiger partial charge in [-0.25, -0.2) is 9.59 Å². The molecule has 0 amide bonds. The van der Waals surface area contributed by atoms with Crippen LogP contribution in [0.3, 0.4) is 0 Å². The van der Waals surface area contributed by atoms with Crippen LogP contribution < -0.4 is 10.2 Å². The number of nitriles is 1. The van der Waals surface area contributed by atoms with Crippen LogP contribution >= 0.6 is 0 Å². The number of nitrogens with zero attached hydrogens (tertiary/aromatic N) is 3. The molecule has 3 heterocycles. The maximum Gasteiger partial charge on any atom is 0.328 e. The Morgan fingerprint density at radius 3 is 2.62 bits per heavy atom. The van der Waals surface area contributed by atoms with Crippen molar-refractivity contribution in [1.82, 2.24) is 10.3 Å². The van der Waals surface area contributed by atoms with Crippen LogP contribution in [0.1, 0.15) is 12.0 Å². The first-order valence-corrected chi connectivity index (χ1v) is 7.47. The maximum absolute atomic E-state index is 9.55. The third kappa shape index (κ3) is 4.54. The second-order valence-corrected chi connectivity index (χ2v) is 5.53. The van der Waals surface area contributed by atoms with Crippen molar-refractivity contribution in [1.29, 1.82) is 5.26 Å². The summed E-state index contributed by atoms with van der Waals surface area (Å²) in [5.41, 5.74) is 1.73. The number of pyridine rings is 1. The Labute approximate surface area is 139 Å². The molecule has 3 N–H and O–H groups in total. The Morgan fingerprint density at radius 1 is 1.33 bits per heavy atom.